The van der Waals surface area contributed by atoms with Crippen molar-refractivity contribution in [2.24, 2.45) is 5.73 Å². The molecule has 0 saturated heterocycles. The van der Waals surface area contributed by atoms with Gasteiger partial charge < -0.3 is 14.9 Å². The highest BCUT2D eigenvalue weighted by molar-refractivity contribution is 7.80. The normalized spacial score (nSPS) is 11.9. The molecule has 1 aromatic carbocycles. The Balaban J connectivity index is 2.17. The lowest BCUT2D eigenvalue weighted by atomic mass is 10.1. The van der Waals surface area contributed by atoms with Gasteiger partial charge in [-0.1, -0.05) is 42.5 Å². The third-order valence-corrected chi connectivity index (χ3v) is 2.97. The maximum atomic E-state index is 11.8. The van der Waals surface area contributed by atoms with Gasteiger partial charge in [0.1, 0.15) is 0 Å². The molecular weight excluding hydrogens is 290 g/mol. The van der Waals surface area contributed by atoms with Crippen LogP contribution in [0, 0.1) is 0 Å². The SMILES string of the molecule is CCOC(=O)C(C(N)=S)c1nnc(Cc2ccccc2)o1. The lowest BCUT2D eigenvalue weighted by Crippen LogP contribution is -2.28. The summed E-state index contributed by atoms with van der Waals surface area (Å²) in [5, 5.41) is 7.77. The minimum Gasteiger partial charge on any atom is -0.465 e. The van der Waals surface area contributed by atoms with E-state index in [0.717, 1.165) is 5.56 Å². The fourth-order valence-electron chi connectivity index (χ4n) is 1.79. The summed E-state index contributed by atoms with van der Waals surface area (Å²) in [5.41, 5.74) is 6.59. The van der Waals surface area contributed by atoms with Crippen molar-refractivity contribution in [1.82, 2.24) is 10.2 Å². The van der Waals surface area contributed by atoms with Crippen LogP contribution < -0.4 is 5.73 Å². The van der Waals surface area contributed by atoms with Gasteiger partial charge in [-0.2, -0.15) is 0 Å². The third kappa shape index (κ3) is 3.85. The van der Waals surface area contributed by atoms with Crippen LogP contribution in [0.4, 0.5) is 0 Å². The van der Waals surface area contributed by atoms with E-state index in [1.807, 2.05) is 30.3 Å². The molecule has 21 heavy (non-hydrogen) atoms. The van der Waals surface area contributed by atoms with E-state index >= 15 is 0 Å². The minimum absolute atomic E-state index is 0.0524. The molecule has 6 nitrogen and oxygen atoms in total. The van der Waals surface area contributed by atoms with Crippen LogP contribution >= 0.6 is 12.2 Å². The highest BCUT2D eigenvalue weighted by Gasteiger charge is 2.30. The Morgan fingerprint density at radius 1 is 1.38 bits per heavy atom. The number of aromatic nitrogens is 2. The van der Waals surface area contributed by atoms with Gasteiger partial charge in [0.15, 0.2) is 5.92 Å². The smallest absolute Gasteiger partial charge is 0.325 e. The number of nitrogens with two attached hydrogens (primary N) is 1. The standard InChI is InChI=1S/C14H15N3O3S/c1-2-19-14(18)11(12(15)21)13-17-16-10(20-13)8-9-6-4-3-5-7-9/h3-7,11H,2,8H2,1H3,(H2,15,21). The van der Waals surface area contributed by atoms with Crippen LogP contribution in [0.3, 0.4) is 0 Å². The van der Waals surface area contributed by atoms with Crippen LogP contribution in [0.1, 0.15) is 30.2 Å². The zero-order chi connectivity index (χ0) is 15.2. The molecule has 7 heteroatoms. The molecule has 0 bridgehead atoms. The molecular formula is C14H15N3O3S. The van der Waals surface area contributed by atoms with E-state index < -0.39 is 11.9 Å². The summed E-state index contributed by atoms with van der Waals surface area (Å²) in [4.78, 5) is 11.8. The second-order valence-electron chi connectivity index (χ2n) is 4.28. The van der Waals surface area contributed by atoms with E-state index in [2.05, 4.69) is 10.2 Å². The molecule has 110 valence electrons. The maximum Gasteiger partial charge on any atom is 0.325 e. The monoisotopic (exact) mass is 305 g/mol. The highest BCUT2D eigenvalue weighted by Crippen LogP contribution is 2.18. The second kappa shape index (κ2) is 6.94. The van der Waals surface area contributed by atoms with Crippen LogP contribution in [0.5, 0.6) is 0 Å². The zero-order valence-electron chi connectivity index (χ0n) is 11.5. The van der Waals surface area contributed by atoms with E-state index in [4.69, 9.17) is 27.1 Å². The molecule has 0 fully saturated rings. The van der Waals surface area contributed by atoms with Gasteiger partial charge in [0, 0.05) is 0 Å². The van der Waals surface area contributed by atoms with Gasteiger partial charge in [0.05, 0.1) is 18.0 Å². The Kier molecular flexibility index (Phi) is 4.99. The van der Waals surface area contributed by atoms with Gasteiger partial charge in [-0.3, -0.25) is 4.79 Å². The fraction of sp³-hybridized carbons (Fsp3) is 0.286. The van der Waals surface area contributed by atoms with Crippen molar-refractivity contribution in [1.29, 1.82) is 0 Å². The number of benzene rings is 1. The van der Waals surface area contributed by atoms with E-state index in [9.17, 15) is 4.79 Å². The van der Waals surface area contributed by atoms with Crippen molar-refractivity contribution in [2.75, 3.05) is 6.61 Å². The summed E-state index contributed by atoms with van der Waals surface area (Å²) in [5.74, 6) is -1.13. The summed E-state index contributed by atoms with van der Waals surface area (Å²) in [7, 11) is 0. The number of esters is 1. The molecule has 0 amide bonds. The lowest BCUT2D eigenvalue weighted by molar-refractivity contribution is -0.143. The average Bonchev–Trinajstić information content (AvgIpc) is 2.88. The van der Waals surface area contributed by atoms with Crippen LogP contribution in [-0.4, -0.2) is 27.8 Å². The van der Waals surface area contributed by atoms with Crippen molar-refractivity contribution < 1.29 is 13.9 Å². The summed E-state index contributed by atoms with van der Waals surface area (Å²) in [6, 6.07) is 9.65. The number of carbonyl (C=O) groups excluding carboxylic acids is 1. The van der Waals surface area contributed by atoms with Crippen molar-refractivity contribution in [2.45, 2.75) is 19.3 Å². The summed E-state index contributed by atoms with van der Waals surface area (Å²) in [6.45, 7) is 1.92. The molecule has 0 spiro atoms. The first-order valence-corrected chi connectivity index (χ1v) is 6.84. The Bertz CT molecular complexity index is 627. The number of thiocarbonyl (C=S) groups is 1. The van der Waals surface area contributed by atoms with Crippen LogP contribution in [-0.2, 0) is 16.0 Å². The van der Waals surface area contributed by atoms with Crippen molar-refractivity contribution in [3.8, 4) is 0 Å². The zero-order valence-corrected chi connectivity index (χ0v) is 12.3. The Labute approximate surface area is 127 Å². The van der Waals surface area contributed by atoms with Gasteiger partial charge >= 0.3 is 5.97 Å². The largest absolute Gasteiger partial charge is 0.465 e. The summed E-state index contributed by atoms with van der Waals surface area (Å²) in [6.07, 6.45) is 0.473. The molecule has 1 heterocycles. The number of ether oxygens (including phenoxy) is 1. The van der Waals surface area contributed by atoms with Crippen molar-refractivity contribution in [3.05, 3.63) is 47.7 Å². The van der Waals surface area contributed by atoms with Gasteiger partial charge in [-0.25, -0.2) is 0 Å². The fourth-order valence-corrected chi connectivity index (χ4v) is 1.99. The first-order valence-electron chi connectivity index (χ1n) is 6.44. The van der Waals surface area contributed by atoms with Gasteiger partial charge in [-0.15, -0.1) is 10.2 Å². The molecule has 0 aliphatic heterocycles. The van der Waals surface area contributed by atoms with E-state index in [1.165, 1.54) is 0 Å². The predicted molar refractivity (Wildman–Crippen MR) is 79.7 cm³/mol. The van der Waals surface area contributed by atoms with Gasteiger partial charge in [-0.05, 0) is 12.5 Å². The number of hydrogen-bond acceptors (Lipinski definition) is 6. The molecule has 1 aromatic heterocycles. The number of nitrogens with zero attached hydrogens (tertiary/aromatic N) is 2. The molecule has 0 aliphatic carbocycles. The first-order chi connectivity index (χ1) is 10.1. The Hall–Kier alpha value is -2.28. The molecule has 1 atom stereocenters. The van der Waals surface area contributed by atoms with E-state index in [1.54, 1.807) is 6.92 Å². The van der Waals surface area contributed by atoms with E-state index in [-0.39, 0.29) is 17.5 Å². The molecule has 2 aromatic rings. The maximum absolute atomic E-state index is 11.8. The quantitative estimate of drug-likeness (QED) is 0.640. The average molecular weight is 305 g/mol. The minimum atomic E-state index is -1.00. The lowest BCUT2D eigenvalue weighted by Gasteiger charge is -2.09. The molecule has 0 aliphatic rings. The van der Waals surface area contributed by atoms with E-state index in [0.29, 0.717) is 12.3 Å². The van der Waals surface area contributed by atoms with Crippen LogP contribution in [0.15, 0.2) is 34.7 Å². The molecule has 0 saturated carbocycles. The van der Waals surface area contributed by atoms with Crippen molar-refractivity contribution >= 4 is 23.2 Å². The summed E-state index contributed by atoms with van der Waals surface area (Å²) >= 11 is 4.88. The van der Waals surface area contributed by atoms with Crippen molar-refractivity contribution in [3.63, 3.8) is 0 Å². The van der Waals surface area contributed by atoms with Gasteiger partial charge in [0.2, 0.25) is 11.8 Å². The van der Waals surface area contributed by atoms with Crippen LogP contribution in [0.25, 0.3) is 0 Å². The number of rotatable bonds is 6. The Morgan fingerprint density at radius 2 is 2.10 bits per heavy atom. The molecule has 1 unspecified atom stereocenters. The molecule has 2 rings (SSSR count). The summed E-state index contributed by atoms with van der Waals surface area (Å²) < 4.78 is 10.4. The number of carbonyl (C=O) groups is 1. The highest BCUT2D eigenvalue weighted by atomic mass is 32.1. The first kappa shape index (κ1) is 15.1. The van der Waals surface area contributed by atoms with Gasteiger partial charge in [0.25, 0.3) is 0 Å². The number of hydrogen-bond donors (Lipinski definition) is 1. The second-order valence-corrected chi connectivity index (χ2v) is 4.76. The topological polar surface area (TPSA) is 91.2 Å². The van der Waals surface area contributed by atoms with Crippen LogP contribution in [0.2, 0.25) is 0 Å². The molecule has 0 radical (unpaired) electrons. The Morgan fingerprint density at radius 3 is 2.71 bits per heavy atom. The molecule has 2 N–H and O–H groups in total. The predicted octanol–water partition coefficient (Wildman–Crippen LogP) is 1.59. The third-order valence-electron chi connectivity index (χ3n) is 2.73.